The first-order valence-corrected chi connectivity index (χ1v) is 12.2. The molecule has 0 saturated carbocycles. The van der Waals surface area contributed by atoms with Crippen molar-refractivity contribution in [2.75, 3.05) is 12.9 Å². The molecule has 2 aliphatic heterocycles. The molecule has 10 heteroatoms. The Morgan fingerprint density at radius 1 is 1.30 bits per heavy atom. The monoisotopic (exact) mass is 456 g/mol. The molecule has 5 atom stereocenters. The number of nitrogens with zero attached hydrogens (tertiary/aromatic N) is 2. The fraction of sp³-hybridized carbons (Fsp3) is 0.700. The molecule has 0 radical (unpaired) electrons. The van der Waals surface area contributed by atoms with Crippen LogP contribution >= 0.6 is 23.1 Å². The Hall–Kier alpha value is -0.850. The Kier molecular flexibility index (Phi) is 6.40. The first-order valence-electron chi connectivity index (χ1n) is 10.1. The first kappa shape index (κ1) is 22.3. The van der Waals surface area contributed by atoms with E-state index in [-0.39, 0.29) is 6.61 Å². The minimum atomic E-state index is -1.74. The largest absolute Gasteiger partial charge is 0.368 e. The molecule has 2 aromatic rings. The first-order chi connectivity index (χ1) is 14.3. The molecule has 0 aromatic carbocycles. The summed E-state index contributed by atoms with van der Waals surface area (Å²) in [5.74, 6) is -2.62. The van der Waals surface area contributed by atoms with E-state index in [0.717, 1.165) is 23.3 Å². The summed E-state index contributed by atoms with van der Waals surface area (Å²) >= 11 is 2.88. The summed E-state index contributed by atoms with van der Waals surface area (Å²) in [7, 11) is 0. The zero-order chi connectivity index (χ0) is 21.5. The van der Waals surface area contributed by atoms with Crippen molar-refractivity contribution in [3.8, 4) is 0 Å². The van der Waals surface area contributed by atoms with Gasteiger partial charge in [-0.3, -0.25) is 0 Å². The molecule has 2 saturated heterocycles. The summed E-state index contributed by atoms with van der Waals surface area (Å²) < 4.78 is 23.8. The van der Waals surface area contributed by atoms with Gasteiger partial charge in [-0.25, -0.2) is 9.97 Å². The van der Waals surface area contributed by atoms with Crippen LogP contribution in [0.3, 0.4) is 0 Å². The van der Waals surface area contributed by atoms with E-state index in [1.54, 1.807) is 13.8 Å². The lowest BCUT2D eigenvalue weighted by atomic mass is 10.0. The van der Waals surface area contributed by atoms with E-state index in [4.69, 9.17) is 18.9 Å². The van der Waals surface area contributed by atoms with Crippen molar-refractivity contribution in [2.24, 2.45) is 0 Å². The number of fused-ring (bicyclic) bond motifs is 2. The Morgan fingerprint density at radius 3 is 2.83 bits per heavy atom. The lowest BCUT2D eigenvalue weighted by Gasteiger charge is -2.29. The van der Waals surface area contributed by atoms with Gasteiger partial charge in [-0.1, -0.05) is 13.3 Å². The number of aliphatic hydroxyl groups is 2. The molecule has 30 heavy (non-hydrogen) atoms. The van der Waals surface area contributed by atoms with Gasteiger partial charge >= 0.3 is 0 Å². The molecule has 0 spiro atoms. The maximum Gasteiger partial charge on any atom is 0.234 e. The SMILES string of the molecule is CCCCC(O)OC[C@H]1OC(O)(c2scc3c(SC)ncnc23)[C@@H]2OC(C)(C)O[C@@H]21. The highest BCUT2D eigenvalue weighted by molar-refractivity contribution is 7.98. The van der Waals surface area contributed by atoms with E-state index in [0.29, 0.717) is 16.8 Å². The normalized spacial score (nSPS) is 31.3. The lowest BCUT2D eigenvalue weighted by molar-refractivity contribution is -0.286. The second-order valence-electron chi connectivity index (χ2n) is 8.01. The van der Waals surface area contributed by atoms with E-state index >= 15 is 0 Å². The molecule has 2 unspecified atom stereocenters. The van der Waals surface area contributed by atoms with Crippen LogP contribution in [0.25, 0.3) is 10.9 Å². The van der Waals surface area contributed by atoms with Crippen molar-refractivity contribution in [3.63, 3.8) is 0 Å². The van der Waals surface area contributed by atoms with Crippen molar-refractivity contribution in [1.29, 1.82) is 0 Å². The van der Waals surface area contributed by atoms with E-state index in [9.17, 15) is 10.2 Å². The minimum Gasteiger partial charge on any atom is -0.368 e. The number of unbranched alkanes of at least 4 members (excludes halogenated alkanes) is 1. The van der Waals surface area contributed by atoms with Crippen molar-refractivity contribution in [3.05, 3.63) is 16.6 Å². The van der Waals surface area contributed by atoms with Gasteiger partial charge < -0.3 is 29.2 Å². The third-order valence-corrected chi connectivity index (χ3v) is 7.13. The number of hydrogen-bond donors (Lipinski definition) is 2. The molecule has 2 aromatic heterocycles. The van der Waals surface area contributed by atoms with Crippen LogP contribution < -0.4 is 0 Å². The number of aromatic nitrogens is 2. The van der Waals surface area contributed by atoms with Crippen molar-refractivity contribution >= 4 is 34.0 Å². The average Bonchev–Trinajstić information content (AvgIpc) is 3.36. The Balaban J connectivity index is 1.63. The minimum absolute atomic E-state index is 0.0855. The smallest absolute Gasteiger partial charge is 0.234 e. The van der Waals surface area contributed by atoms with Gasteiger partial charge in [0.1, 0.15) is 29.7 Å². The van der Waals surface area contributed by atoms with Gasteiger partial charge in [-0.15, -0.1) is 23.1 Å². The predicted octanol–water partition coefficient (Wildman–Crippen LogP) is 3.00. The number of ether oxygens (including phenoxy) is 4. The van der Waals surface area contributed by atoms with Gasteiger partial charge in [0.05, 0.1) is 17.0 Å². The molecule has 4 heterocycles. The summed E-state index contributed by atoms with van der Waals surface area (Å²) in [6.07, 6.45) is 3.06. The fourth-order valence-electron chi connectivity index (χ4n) is 3.96. The van der Waals surface area contributed by atoms with E-state index in [1.807, 2.05) is 11.6 Å². The molecule has 0 aliphatic carbocycles. The molecular formula is C20H28N2O6S2. The zero-order valence-electron chi connectivity index (χ0n) is 17.5. The Bertz CT molecular complexity index is 893. The van der Waals surface area contributed by atoms with Gasteiger partial charge in [-0.05, 0) is 32.9 Å². The molecule has 0 bridgehead atoms. The highest BCUT2D eigenvalue weighted by Gasteiger charge is 2.64. The molecule has 4 rings (SSSR count). The topological polar surface area (TPSA) is 103 Å². The second-order valence-corrected chi connectivity index (χ2v) is 9.69. The molecule has 0 amide bonds. The molecular weight excluding hydrogens is 428 g/mol. The summed E-state index contributed by atoms with van der Waals surface area (Å²) in [4.78, 5) is 9.26. The summed E-state index contributed by atoms with van der Waals surface area (Å²) in [5.41, 5.74) is 0.637. The number of thiophene rings is 1. The van der Waals surface area contributed by atoms with Gasteiger partial charge in [-0.2, -0.15) is 0 Å². The van der Waals surface area contributed by atoms with Gasteiger partial charge in [0, 0.05) is 10.8 Å². The van der Waals surface area contributed by atoms with Gasteiger partial charge in [0.25, 0.3) is 0 Å². The molecule has 2 aliphatic rings. The number of hydrogen-bond acceptors (Lipinski definition) is 10. The summed E-state index contributed by atoms with van der Waals surface area (Å²) in [6.45, 7) is 5.75. The van der Waals surface area contributed by atoms with E-state index < -0.39 is 36.2 Å². The predicted molar refractivity (Wildman–Crippen MR) is 113 cm³/mol. The van der Waals surface area contributed by atoms with Crippen LogP contribution in [0.4, 0.5) is 0 Å². The van der Waals surface area contributed by atoms with E-state index in [2.05, 4.69) is 16.9 Å². The maximum atomic E-state index is 11.7. The highest BCUT2D eigenvalue weighted by atomic mass is 32.2. The quantitative estimate of drug-likeness (QED) is 0.352. The van der Waals surface area contributed by atoms with Crippen molar-refractivity contribution < 1.29 is 29.2 Å². The lowest BCUT2D eigenvalue weighted by Crippen LogP contribution is -2.40. The van der Waals surface area contributed by atoms with E-state index in [1.165, 1.54) is 29.4 Å². The second kappa shape index (κ2) is 8.59. The van der Waals surface area contributed by atoms with Crippen molar-refractivity contribution in [1.82, 2.24) is 9.97 Å². The number of rotatable bonds is 8. The van der Waals surface area contributed by atoms with Crippen LogP contribution in [-0.2, 0) is 24.7 Å². The van der Waals surface area contributed by atoms with Crippen LogP contribution in [0.2, 0.25) is 0 Å². The summed E-state index contributed by atoms with van der Waals surface area (Å²) in [6, 6.07) is 0. The van der Waals surface area contributed by atoms with Crippen LogP contribution in [0.5, 0.6) is 0 Å². The Labute approximate surface area is 183 Å². The third-order valence-electron chi connectivity index (χ3n) is 5.35. The standard InChI is InChI=1S/C20H28N2O6S2/c1-5-6-7-13(23)25-8-12-15-16(28-19(2,3)27-15)20(24,26-12)17-14-11(9-30-17)18(29-4)22-10-21-14/h9-10,12-13,15-16,23-24H,5-8H2,1-4H3/t12-,13?,15-,16-,20?/m1/s1. The van der Waals surface area contributed by atoms with Crippen LogP contribution in [0.1, 0.15) is 44.9 Å². The van der Waals surface area contributed by atoms with Crippen LogP contribution in [0.15, 0.2) is 16.7 Å². The highest BCUT2D eigenvalue weighted by Crippen LogP contribution is 2.50. The molecule has 2 N–H and O–H groups in total. The molecule has 166 valence electrons. The number of thioether (sulfide) groups is 1. The maximum absolute atomic E-state index is 11.7. The Morgan fingerprint density at radius 2 is 2.10 bits per heavy atom. The summed E-state index contributed by atoms with van der Waals surface area (Å²) in [5, 5.41) is 25.4. The van der Waals surface area contributed by atoms with Crippen LogP contribution in [0, 0.1) is 0 Å². The molecule has 8 nitrogen and oxygen atoms in total. The molecule has 2 fully saturated rings. The van der Waals surface area contributed by atoms with Gasteiger partial charge in [0.15, 0.2) is 12.1 Å². The fourth-order valence-corrected chi connectivity index (χ4v) is 5.63. The van der Waals surface area contributed by atoms with Crippen LogP contribution in [-0.4, -0.2) is 63.4 Å². The third kappa shape index (κ3) is 4.00. The zero-order valence-corrected chi connectivity index (χ0v) is 19.2. The van der Waals surface area contributed by atoms with Gasteiger partial charge in [0.2, 0.25) is 5.79 Å². The average molecular weight is 457 g/mol. The number of aliphatic hydroxyl groups excluding tert-OH is 1. The van der Waals surface area contributed by atoms with Crippen molar-refractivity contribution in [2.45, 2.75) is 81.2 Å².